The van der Waals surface area contributed by atoms with Gasteiger partial charge < -0.3 is 4.90 Å². The monoisotopic (exact) mass is 282 g/mol. The van der Waals surface area contributed by atoms with E-state index in [0.29, 0.717) is 18.8 Å². The molecule has 4 nitrogen and oxygen atoms in total. The molecule has 0 spiro atoms. The van der Waals surface area contributed by atoms with Gasteiger partial charge in [0.1, 0.15) is 0 Å². The Labute approximate surface area is 115 Å². The highest BCUT2D eigenvalue weighted by molar-refractivity contribution is 7.89. The highest BCUT2D eigenvalue weighted by atomic mass is 32.2. The number of piperidine rings is 1. The van der Waals surface area contributed by atoms with Crippen molar-refractivity contribution in [2.45, 2.75) is 37.9 Å². The van der Waals surface area contributed by atoms with Crippen molar-refractivity contribution in [1.29, 1.82) is 0 Å². The summed E-state index contributed by atoms with van der Waals surface area (Å²) in [4.78, 5) is 2.23. The zero-order valence-electron chi connectivity index (χ0n) is 11.5. The Kier molecular flexibility index (Phi) is 4.16. The number of rotatable bonds is 3. The van der Waals surface area contributed by atoms with Gasteiger partial charge in [-0.25, -0.2) is 13.6 Å². The summed E-state index contributed by atoms with van der Waals surface area (Å²) in [5.74, 6) is 0.530. The van der Waals surface area contributed by atoms with Gasteiger partial charge in [0.25, 0.3) is 0 Å². The lowest BCUT2D eigenvalue weighted by atomic mass is 10.0. The van der Waals surface area contributed by atoms with Gasteiger partial charge in [-0.15, -0.1) is 0 Å². The maximum Gasteiger partial charge on any atom is 0.212 e. The van der Waals surface area contributed by atoms with Crippen LogP contribution in [-0.2, 0) is 10.0 Å². The molecule has 5 heteroatoms. The van der Waals surface area contributed by atoms with Crippen LogP contribution < -0.4 is 10.0 Å². The fraction of sp³-hybridized carbons (Fsp3) is 0.571. The summed E-state index contributed by atoms with van der Waals surface area (Å²) in [6.07, 6.45) is 1.23. The van der Waals surface area contributed by atoms with Crippen molar-refractivity contribution in [3.05, 3.63) is 29.8 Å². The van der Waals surface area contributed by atoms with E-state index in [-0.39, 0.29) is 5.25 Å². The molecule has 0 amide bonds. The van der Waals surface area contributed by atoms with Gasteiger partial charge in [0, 0.05) is 18.8 Å². The van der Waals surface area contributed by atoms with Crippen molar-refractivity contribution in [3.8, 4) is 0 Å². The molecule has 1 fully saturated rings. The van der Waals surface area contributed by atoms with Gasteiger partial charge in [0.2, 0.25) is 10.0 Å². The van der Waals surface area contributed by atoms with Crippen LogP contribution in [0.5, 0.6) is 0 Å². The molecule has 0 bridgehead atoms. The number of primary sulfonamides is 1. The molecule has 1 heterocycles. The Bertz CT molecular complexity index is 515. The molecule has 1 aromatic carbocycles. The molecule has 2 N–H and O–H groups in total. The van der Waals surface area contributed by atoms with E-state index in [2.05, 4.69) is 43.0 Å². The molecule has 0 atom stereocenters. The van der Waals surface area contributed by atoms with Gasteiger partial charge in [-0.3, -0.25) is 0 Å². The molecule has 0 aromatic heterocycles. The second kappa shape index (κ2) is 5.51. The van der Waals surface area contributed by atoms with E-state index in [1.807, 2.05) is 0 Å². The third kappa shape index (κ3) is 3.48. The predicted molar refractivity (Wildman–Crippen MR) is 78.9 cm³/mol. The van der Waals surface area contributed by atoms with Gasteiger partial charge in [-0.1, -0.05) is 26.0 Å². The molecule has 0 radical (unpaired) electrons. The minimum absolute atomic E-state index is 0.376. The van der Waals surface area contributed by atoms with Crippen molar-refractivity contribution in [3.63, 3.8) is 0 Å². The Balaban J connectivity index is 2.02. The summed E-state index contributed by atoms with van der Waals surface area (Å²) in [6, 6.07) is 8.52. The average Bonchev–Trinajstić information content (AvgIpc) is 2.38. The van der Waals surface area contributed by atoms with Crippen LogP contribution in [-0.4, -0.2) is 26.8 Å². The molecule has 1 saturated heterocycles. The van der Waals surface area contributed by atoms with Crippen molar-refractivity contribution in [1.82, 2.24) is 0 Å². The largest absolute Gasteiger partial charge is 0.371 e. The lowest BCUT2D eigenvalue weighted by molar-refractivity contribution is 0.531. The maximum absolute atomic E-state index is 11.3. The van der Waals surface area contributed by atoms with E-state index in [1.54, 1.807) is 0 Å². The van der Waals surface area contributed by atoms with Crippen LogP contribution >= 0.6 is 0 Å². The zero-order chi connectivity index (χ0) is 14.0. The van der Waals surface area contributed by atoms with E-state index < -0.39 is 10.0 Å². The zero-order valence-corrected chi connectivity index (χ0v) is 12.4. The average molecular weight is 282 g/mol. The Morgan fingerprint density at radius 1 is 1.16 bits per heavy atom. The second-order valence-electron chi connectivity index (χ2n) is 5.52. The Morgan fingerprint density at radius 3 is 2.11 bits per heavy atom. The normalized spacial score (nSPS) is 18.0. The molecule has 2 rings (SSSR count). The van der Waals surface area contributed by atoms with Crippen LogP contribution in [0.1, 0.15) is 38.2 Å². The quantitative estimate of drug-likeness (QED) is 0.923. The lowest BCUT2D eigenvalue weighted by Gasteiger charge is -2.32. The van der Waals surface area contributed by atoms with Crippen molar-refractivity contribution in [2.24, 2.45) is 5.14 Å². The number of sulfonamides is 1. The SMILES string of the molecule is CC(C)c1ccc(N2CCC(S(N)(=O)=O)CC2)cc1. The first-order chi connectivity index (χ1) is 8.88. The van der Waals surface area contributed by atoms with Crippen LogP contribution in [0.3, 0.4) is 0 Å². The van der Waals surface area contributed by atoms with Crippen LogP contribution in [0.2, 0.25) is 0 Å². The number of anilines is 1. The molecular formula is C14H22N2O2S. The number of hydrogen-bond donors (Lipinski definition) is 1. The summed E-state index contributed by atoms with van der Waals surface area (Å²) in [5, 5.41) is 4.82. The Morgan fingerprint density at radius 2 is 1.68 bits per heavy atom. The molecule has 0 unspecified atom stereocenters. The van der Waals surface area contributed by atoms with Gasteiger partial charge >= 0.3 is 0 Å². The maximum atomic E-state index is 11.3. The summed E-state index contributed by atoms with van der Waals surface area (Å²) >= 11 is 0. The third-order valence-corrected chi connectivity index (χ3v) is 5.23. The van der Waals surface area contributed by atoms with Crippen LogP contribution in [0.15, 0.2) is 24.3 Å². The smallest absolute Gasteiger partial charge is 0.212 e. The first kappa shape index (κ1) is 14.3. The van der Waals surface area contributed by atoms with Crippen molar-refractivity contribution < 1.29 is 8.42 Å². The minimum Gasteiger partial charge on any atom is -0.371 e. The summed E-state index contributed by atoms with van der Waals surface area (Å²) in [6.45, 7) is 5.85. The topological polar surface area (TPSA) is 63.4 Å². The molecule has 106 valence electrons. The first-order valence-electron chi connectivity index (χ1n) is 6.74. The highest BCUT2D eigenvalue weighted by Crippen LogP contribution is 2.24. The van der Waals surface area contributed by atoms with E-state index in [9.17, 15) is 8.42 Å². The van der Waals surface area contributed by atoms with Gasteiger partial charge in [0.15, 0.2) is 0 Å². The molecular weight excluding hydrogens is 260 g/mol. The molecule has 19 heavy (non-hydrogen) atoms. The summed E-state index contributed by atoms with van der Waals surface area (Å²) < 4.78 is 22.6. The highest BCUT2D eigenvalue weighted by Gasteiger charge is 2.27. The number of nitrogens with zero attached hydrogens (tertiary/aromatic N) is 1. The predicted octanol–water partition coefficient (Wildman–Crippen LogP) is 2.07. The Hall–Kier alpha value is -1.07. The summed E-state index contributed by atoms with van der Waals surface area (Å²) in [7, 11) is -3.38. The fourth-order valence-electron chi connectivity index (χ4n) is 2.51. The molecule has 1 aliphatic rings. The number of nitrogens with two attached hydrogens (primary N) is 1. The van der Waals surface area contributed by atoms with Gasteiger partial charge in [-0.2, -0.15) is 0 Å². The van der Waals surface area contributed by atoms with Crippen LogP contribution in [0.25, 0.3) is 0 Å². The van der Waals surface area contributed by atoms with Gasteiger partial charge in [-0.05, 0) is 36.5 Å². The van der Waals surface area contributed by atoms with Crippen molar-refractivity contribution >= 4 is 15.7 Å². The van der Waals surface area contributed by atoms with Crippen LogP contribution in [0, 0.1) is 0 Å². The number of benzene rings is 1. The molecule has 0 aliphatic carbocycles. The molecule has 1 aliphatic heterocycles. The number of hydrogen-bond acceptors (Lipinski definition) is 3. The first-order valence-corrected chi connectivity index (χ1v) is 8.35. The van der Waals surface area contributed by atoms with E-state index in [1.165, 1.54) is 5.56 Å². The standard InChI is InChI=1S/C14H22N2O2S/c1-11(2)12-3-5-13(6-4-12)16-9-7-14(8-10-16)19(15,17)18/h3-6,11,14H,7-10H2,1-2H3,(H2,15,17,18). The van der Waals surface area contributed by atoms with Crippen molar-refractivity contribution in [2.75, 3.05) is 18.0 Å². The van der Waals surface area contributed by atoms with E-state index in [4.69, 9.17) is 5.14 Å². The van der Waals surface area contributed by atoms with E-state index >= 15 is 0 Å². The van der Waals surface area contributed by atoms with Crippen LogP contribution in [0.4, 0.5) is 5.69 Å². The minimum atomic E-state index is -3.38. The summed E-state index contributed by atoms with van der Waals surface area (Å²) in [5.41, 5.74) is 2.49. The second-order valence-corrected chi connectivity index (χ2v) is 7.37. The lowest BCUT2D eigenvalue weighted by Crippen LogP contribution is -2.41. The van der Waals surface area contributed by atoms with Gasteiger partial charge in [0.05, 0.1) is 5.25 Å². The molecule has 1 aromatic rings. The molecule has 0 saturated carbocycles. The third-order valence-electron chi connectivity index (χ3n) is 3.83. The van der Waals surface area contributed by atoms with E-state index in [0.717, 1.165) is 18.8 Å². The fourth-order valence-corrected chi connectivity index (χ4v) is 3.38.